The minimum Gasteiger partial charge on any atom is -0.477 e. The van der Waals surface area contributed by atoms with Crippen molar-refractivity contribution in [1.82, 2.24) is 4.90 Å². The molecule has 0 atom stereocenters. The second-order valence-electron chi connectivity index (χ2n) is 2.53. The Hall–Kier alpha value is -1.52. The van der Waals surface area contributed by atoms with Crippen molar-refractivity contribution in [2.75, 3.05) is 6.54 Å². The van der Waals surface area contributed by atoms with Crippen LogP contribution in [0.25, 0.3) is 0 Å². The molecule has 66 valence electrons. The third-order valence-corrected chi connectivity index (χ3v) is 1.70. The van der Waals surface area contributed by atoms with E-state index in [0.29, 0.717) is 13.0 Å². The molecule has 1 heterocycles. The van der Waals surface area contributed by atoms with Gasteiger partial charge in [-0.05, 0) is 12.8 Å². The molecule has 2 amide bonds. The van der Waals surface area contributed by atoms with Gasteiger partial charge in [-0.15, -0.1) is 0 Å². The summed E-state index contributed by atoms with van der Waals surface area (Å²) in [6, 6.07) is -0.705. The quantitative estimate of drug-likeness (QED) is 0.586. The van der Waals surface area contributed by atoms with E-state index in [0.717, 1.165) is 11.3 Å². The Morgan fingerprint density at radius 1 is 1.58 bits per heavy atom. The molecular weight excluding hydrogens is 160 g/mol. The van der Waals surface area contributed by atoms with Crippen LogP contribution < -0.4 is 5.73 Å². The maximum atomic E-state index is 10.7. The largest absolute Gasteiger partial charge is 0.477 e. The fourth-order valence-electron chi connectivity index (χ4n) is 1.15. The summed E-state index contributed by atoms with van der Waals surface area (Å²) >= 11 is 0. The van der Waals surface area contributed by atoms with Crippen LogP contribution in [-0.4, -0.2) is 28.6 Å². The van der Waals surface area contributed by atoms with Crippen LogP contribution in [0.1, 0.15) is 12.8 Å². The Kier molecular flexibility index (Phi) is 2.32. The molecule has 0 aromatic carbocycles. The highest BCUT2D eigenvalue weighted by Gasteiger charge is 2.22. The topological polar surface area (TPSA) is 83.6 Å². The van der Waals surface area contributed by atoms with E-state index in [4.69, 9.17) is 10.8 Å². The van der Waals surface area contributed by atoms with Crippen molar-refractivity contribution >= 4 is 12.0 Å². The molecule has 0 spiro atoms. The van der Waals surface area contributed by atoms with Gasteiger partial charge in [-0.2, -0.15) is 0 Å². The Balaban J connectivity index is 2.85. The van der Waals surface area contributed by atoms with Crippen molar-refractivity contribution in [1.29, 1.82) is 0 Å². The number of carboxylic acid groups (broad SMARTS) is 1. The van der Waals surface area contributed by atoms with Crippen molar-refractivity contribution in [2.24, 2.45) is 5.73 Å². The first-order valence-corrected chi connectivity index (χ1v) is 3.63. The third-order valence-electron chi connectivity index (χ3n) is 1.70. The van der Waals surface area contributed by atoms with Crippen LogP contribution in [0, 0.1) is 0 Å². The van der Waals surface area contributed by atoms with E-state index in [2.05, 4.69) is 0 Å². The van der Waals surface area contributed by atoms with Crippen LogP contribution in [0.4, 0.5) is 4.79 Å². The first kappa shape index (κ1) is 8.58. The van der Waals surface area contributed by atoms with Gasteiger partial charge in [0.25, 0.3) is 0 Å². The summed E-state index contributed by atoms with van der Waals surface area (Å²) in [4.78, 5) is 22.3. The molecule has 5 heteroatoms. The van der Waals surface area contributed by atoms with Gasteiger partial charge >= 0.3 is 12.0 Å². The van der Waals surface area contributed by atoms with Gasteiger partial charge < -0.3 is 10.8 Å². The average Bonchev–Trinajstić information content (AvgIpc) is 2.04. The number of allylic oxidation sites excluding steroid dienone is 1. The van der Waals surface area contributed by atoms with Gasteiger partial charge in [0.15, 0.2) is 0 Å². The number of hydrogen-bond acceptors (Lipinski definition) is 2. The lowest BCUT2D eigenvalue weighted by molar-refractivity contribution is -0.134. The summed E-state index contributed by atoms with van der Waals surface area (Å²) < 4.78 is 0. The van der Waals surface area contributed by atoms with Crippen LogP contribution in [0.3, 0.4) is 0 Å². The molecule has 5 nitrogen and oxygen atoms in total. The molecule has 0 aliphatic carbocycles. The Bertz CT molecular complexity index is 247. The number of carbonyl (C=O) groups excluding carboxylic acids is 1. The summed E-state index contributed by atoms with van der Waals surface area (Å²) in [6.45, 7) is 0.396. The van der Waals surface area contributed by atoms with Crippen molar-refractivity contribution in [3.8, 4) is 0 Å². The summed E-state index contributed by atoms with van der Waals surface area (Å²) in [5.41, 5.74) is 4.97. The van der Waals surface area contributed by atoms with Crippen molar-refractivity contribution in [2.45, 2.75) is 12.8 Å². The molecule has 1 aliphatic heterocycles. The molecule has 0 saturated carbocycles. The minimum absolute atomic E-state index is 0.00579. The number of nitrogens with zero attached hydrogens (tertiary/aromatic N) is 1. The van der Waals surface area contributed by atoms with Crippen molar-refractivity contribution in [3.05, 3.63) is 11.8 Å². The van der Waals surface area contributed by atoms with Crippen LogP contribution in [-0.2, 0) is 4.79 Å². The smallest absolute Gasteiger partial charge is 0.352 e. The summed E-state index contributed by atoms with van der Waals surface area (Å²) in [5.74, 6) is -1.10. The molecule has 3 N–H and O–H groups in total. The molecule has 0 fully saturated rings. The molecule has 1 rings (SSSR count). The van der Waals surface area contributed by atoms with E-state index < -0.39 is 12.0 Å². The zero-order chi connectivity index (χ0) is 9.14. The molecular formula is C7H10N2O3. The van der Waals surface area contributed by atoms with Crippen LogP contribution in [0.2, 0.25) is 0 Å². The van der Waals surface area contributed by atoms with Gasteiger partial charge in [0.05, 0.1) is 0 Å². The molecule has 12 heavy (non-hydrogen) atoms. The molecule has 0 saturated heterocycles. The summed E-state index contributed by atoms with van der Waals surface area (Å²) in [6.07, 6.45) is 2.96. The van der Waals surface area contributed by atoms with Gasteiger partial charge in [-0.3, -0.25) is 4.90 Å². The Morgan fingerprint density at radius 3 is 2.67 bits per heavy atom. The second-order valence-corrected chi connectivity index (χ2v) is 2.53. The highest BCUT2D eigenvalue weighted by molar-refractivity contribution is 5.91. The average molecular weight is 170 g/mol. The van der Waals surface area contributed by atoms with Crippen LogP contribution in [0.15, 0.2) is 11.8 Å². The lowest BCUT2D eigenvalue weighted by Gasteiger charge is -2.23. The van der Waals surface area contributed by atoms with Gasteiger partial charge in [-0.1, -0.05) is 6.08 Å². The van der Waals surface area contributed by atoms with E-state index in [1.54, 1.807) is 0 Å². The summed E-state index contributed by atoms with van der Waals surface area (Å²) in [7, 11) is 0. The van der Waals surface area contributed by atoms with Crippen LogP contribution >= 0.6 is 0 Å². The fourth-order valence-corrected chi connectivity index (χ4v) is 1.15. The van der Waals surface area contributed by atoms with E-state index >= 15 is 0 Å². The number of carboxylic acids is 1. The van der Waals surface area contributed by atoms with Crippen molar-refractivity contribution < 1.29 is 14.7 Å². The normalized spacial score (nSPS) is 17.0. The van der Waals surface area contributed by atoms with Gasteiger partial charge in [0, 0.05) is 6.54 Å². The van der Waals surface area contributed by atoms with E-state index in [-0.39, 0.29) is 5.70 Å². The number of nitrogens with two attached hydrogens (primary N) is 1. The van der Waals surface area contributed by atoms with Gasteiger partial charge in [0.2, 0.25) is 0 Å². The lowest BCUT2D eigenvalue weighted by atomic mass is 10.1. The highest BCUT2D eigenvalue weighted by Crippen LogP contribution is 2.13. The van der Waals surface area contributed by atoms with Gasteiger partial charge in [-0.25, -0.2) is 9.59 Å². The first-order chi connectivity index (χ1) is 5.63. The fraction of sp³-hybridized carbons (Fsp3) is 0.429. The van der Waals surface area contributed by atoms with Crippen LogP contribution in [0.5, 0.6) is 0 Å². The van der Waals surface area contributed by atoms with Crippen molar-refractivity contribution in [3.63, 3.8) is 0 Å². The molecule has 1 aliphatic rings. The predicted molar refractivity (Wildman–Crippen MR) is 41.2 cm³/mol. The number of hydrogen-bond donors (Lipinski definition) is 2. The standard InChI is InChI=1S/C7H10N2O3/c8-7(12)9-4-2-1-3-5(9)6(10)11/h3H,1-2,4H2,(H2,8,12)(H,10,11). The Labute approximate surface area is 69.5 Å². The Morgan fingerprint density at radius 2 is 2.25 bits per heavy atom. The monoisotopic (exact) mass is 170 g/mol. The SMILES string of the molecule is NC(=O)N1CCCC=C1C(=O)O. The van der Waals surface area contributed by atoms with Gasteiger partial charge in [0.1, 0.15) is 5.70 Å². The minimum atomic E-state index is -1.10. The maximum Gasteiger partial charge on any atom is 0.352 e. The zero-order valence-electron chi connectivity index (χ0n) is 6.49. The molecule has 0 unspecified atom stereocenters. The number of rotatable bonds is 1. The number of urea groups is 1. The predicted octanol–water partition coefficient (Wildman–Crippen LogP) is 0.129. The highest BCUT2D eigenvalue weighted by atomic mass is 16.4. The number of primary amides is 1. The first-order valence-electron chi connectivity index (χ1n) is 3.63. The lowest BCUT2D eigenvalue weighted by Crippen LogP contribution is -2.39. The number of carbonyl (C=O) groups is 2. The van der Waals surface area contributed by atoms with E-state index in [1.807, 2.05) is 0 Å². The molecule has 0 aromatic heterocycles. The second kappa shape index (κ2) is 3.25. The summed E-state index contributed by atoms with van der Waals surface area (Å²) in [5, 5.41) is 8.64. The molecule has 0 bridgehead atoms. The van der Waals surface area contributed by atoms with E-state index in [1.165, 1.54) is 6.08 Å². The third kappa shape index (κ3) is 1.55. The zero-order valence-corrected chi connectivity index (χ0v) is 6.49. The maximum absolute atomic E-state index is 10.7. The molecule has 0 radical (unpaired) electrons. The molecule has 0 aromatic rings. The van der Waals surface area contributed by atoms with E-state index in [9.17, 15) is 9.59 Å². The number of amides is 2. The number of aliphatic carboxylic acids is 1.